The number of benzene rings is 3. The van der Waals surface area contributed by atoms with E-state index in [9.17, 15) is 4.79 Å². The molecule has 3 heterocycles. The van der Waals surface area contributed by atoms with Gasteiger partial charge in [-0.05, 0) is 48.0 Å². The van der Waals surface area contributed by atoms with Gasteiger partial charge in [0.05, 0.1) is 39.6 Å². The molecule has 32 heavy (non-hydrogen) atoms. The third-order valence-electron chi connectivity index (χ3n) is 5.56. The summed E-state index contributed by atoms with van der Waals surface area (Å²) in [5, 5.41) is 4.86. The Morgan fingerprint density at radius 2 is 1.78 bits per heavy atom. The van der Waals surface area contributed by atoms with E-state index in [-0.39, 0.29) is 5.56 Å². The first kappa shape index (κ1) is 18.7. The maximum absolute atomic E-state index is 13.2. The fourth-order valence-electron chi connectivity index (χ4n) is 4.02. The zero-order chi connectivity index (χ0) is 21.7. The van der Waals surface area contributed by atoms with Gasteiger partial charge in [0, 0.05) is 17.0 Å². The summed E-state index contributed by atoms with van der Waals surface area (Å²) in [6.45, 7) is 0.501. The fourth-order valence-corrected chi connectivity index (χ4v) is 4.20. The lowest BCUT2D eigenvalue weighted by atomic mass is 10.1. The molecular formula is C24H17ClN6O. The number of hydrogen-bond donors (Lipinski definition) is 4. The molecule has 0 saturated carbocycles. The van der Waals surface area contributed by atoms with Crippen LogP contribution >= 0.6 is 11.6 Å². The third kappa shape index (κ3) is 3.11. The molecule has 0 radical (unpaired) electrons. The molecule has 0 spiro atoms. The minimum absolute atomic E-state index is 0.232. The lowest BCUT2D eigenvalue weighted by Crippen LogP contribution is -2.14. The van der Waals surface area contributed by atoms with Crippen molar-refractivity contribution in [3.05, 3.63) is 87.9 Å². The van der Waals surface area contributed by atoms with Gasteiger partial charge in [-0.15, -0.1) is 0 Å². The summed E-state index contributed by atoms with van der Waals surface area (Å²) < 4.78 is 0. The van der Waals surface area contributed by atoms with Crippen LogP contribution in [0.5, 0.6) is 0 Å². The van der Waals surface area contributed by atoms with Crippen molar-refractivity contribution in [3.8, 4) is 11.4 Å². The van der Waals surface area contributed by atoms with Crippen LogP contribution in [-0.2, 0) is 6.54 Å². The summed E-state index contributed by atoms with van der Waals surface area (Å²) in [6, 6.07) is 19.1. The number of imidazole rings is 2. The SMILES string of the molecule is O=c1[nH]c2ccc(Cl)cc2c(NCc2ccc3[nH]cnc3c2)c1-c1nc2ccccc2[nH]1. The van der Waals surface area contributed by atoms with E-state index in [1.165, 1.54) is 0 Å². The van der Waals surface area contributed by atoms with Crippen molar-refractivity contribution in [1.82, 2.24) is 24.9 Å². The molecule has 0 amide bonds. The molecule has 156 valence electrons. The maximum Gasteiger partial charge on any atom is 0.261 e. The summed E-state index contributed by atoms with van der Waals surface area (Å²) >= 11 is 6.31. The van der Waals surface area contributed by atoms with E-state index in [0.29, 0.717) is 34.2 Å². The normalized spacial score (nSPS) is 11.5. The van der Waals surface area contributed by atoms with Crippen molar-refractivity contribution in [2.75, 3.05) is 5.32 Å². The van der Waals surface area contributed by atoms with Gasteiger partial charge < -0.3 is 20.3 Å². The summed E-state index contributed by atoms with van der Waals surface area (Å²) in [4.78, 5) is 31.5. The molecule has 6 aromatic rings. The molecule has 3 aromatic heterocycles. The molecule has 3 aromatic carbocycles. The summed E-state index contributed by atoms with van der Waals surface area (Å²) in [6.07, 6.45) is 1.67. The van der Waals surface area contributed by atoms with Gasteiger partial charge in [0.1, 0.15) is 11.4 Å². The van der Waals surface area contributed by atoms with Crippen LogP contribution in [0.4, 0.5) is 5.69 Å². The highest BCUT2D eigenvalue weighted by molar-refractivity contribution is 6.31. The number of fused-ring (bicyclic) bond motifs is 3. The van der Waals surface area contributed by atoms with Gasteiger partial charge in [-0.3, -0.25) is 4.79 Å². The number of halogens is 1. The molecule has 6 rings (SSSR count). The Morgan fingerprint density at radius 1 is 0.906 bits per heavy atom. The van der Waals surface area contributed by atoms with E-state index in [4.69, 9.17) is 11.6 Å². The van der Waals surface area contributed by atoms with Gasteiger partial charge in [-0.1, -0.05) is 29.8 Å². The highest BCUT2D eigenvalue weighted by Gasteiger charge is 2.18. The Hall–Kier alpha value is -4.10. The highest BCUT2D eigenvalue weighted by atomic mass is 35.5. The van der Waals surface area contributed by atoms with Gasteiger partial charge >= 0.3 is 0 Å². The van der Waals surface area contributed by atoms with Crippen LogP contribution in [0.25, 0.3) is 44.4 Å². The number of hydrogen-bond acceptors (Lipinski definition) is 4. The second kappa shape index (κ2) is 7.25. The van der Waals surface area contributed by atoms with Crippen molar-refractivity contribution in [2.24, 2.45) is 0 Å². The van der Waals surface area contributed by atoms with E-state index in [2.05, 4.69) is 30.2 Å². The van der Waals surface area contributed by atoms with E-state index in [1.54, 1.807) is 12.4 Å². The van der Waals surface area contributed by atoms with Gasteiger partial charge in [0.25, 0.3) is 5.56 Å². The highest BCUT2D eigenvalue weighted by Crippen LogP contribution is 2.32. The standard InChI is InChI=1S/C24H17ClN6O/c25-14-6-8-16-15(10-14)22(26-11-13-5-7-17-20(9-13)28-12-27-17)21(24(32)31-16)23-29-18-3-1-2-4-19(18)30-23/h1-10,12H,11H2,(H,27,28)(H,29,30)(H2,26,31,32). The number of aromatic amines is 3. The number of nitrogens with zero attached hydrogens (tertiary/aromatic N) is 2. The molecule has 0 aliphatic carbocycles. The minimum atomic E-state index is -0.232. The van der Waals surface area contributed by atoms with Crippen molar-refractivity contribution >= 4 is 50.3 Å². The van der Waals surface area contributed by atoms with Gasteiger partial charge in [-0.2, -0.15) is 0 Å². The Morgan fingerprint density at radius 3 is 2.69 bits per heavy atom. The van der Waals surface area contributed by atoms with Gasteiger partial charge in [-0.25, -0.2) is 9.97 Å². The van der Waals surface area contributed by atoms with Crippen LogP contribution in [0, 0.1) is 0 Å². The van der Waals surface area contributed by atoms with Crippen molar-refractivity contribution in [1.29, 1.82) is 0 Å². The van der Waals surface area contributed by atoms with Crippen molar-refractivity contribution in [2.45, 2.75) is 6.54 Å². The number of rotatable bonds is 4. The Kier molecular flexibility index (Phi) is 4.22. The Labute approximate surface area is 186 Å². The first-order chi connectivity index (χ1) is 15.7. The predicted octanol–water partition coefficient (Wildman–Crippen LogP) is 5.21. The predicted molar refractivity (Wildman–Crippen MR) is 128 cm³/mol. The molecule has 0 aliphatic rings. The number of nitrogens with one attached hydrogen (secondary N) is 4. The molecule has 0 bridgehead atoms. The number of aromatic nitrogens is 5. The van der Waals surface area contributed by atoms with E-state index >= 15 is 0 Å². The van der Waals surface area contributed by atoms with E-state index in [1.807, 2.05) is 54.6 Å². The molecule has 0 aliphatic heterocycles. The van der Waals surface area contributed by atoms with Crippen LogP contribution in [0.2, 0.25) is 5.02 Å². The number of para-hydroxylation sites is 2. The molecule has 8 heteroatoms. The lowest BCUT2D eigenvalue weighted by Gasteiger charge is -2.14. The lowest BCUT2D eigenvalue weighted by molar-refractivity contribution is 1.14. The van der Waals surface area contributed by atoms with Crippen LogP contribution < -0.4 is 10.9 Å². The quantitative estimate of drug-likeness (QED) is 0.302. The van der Waals surface area contributed by atoms with Crippen LogP contribution in [0.1, 0.15) is 5.56 Å². The zero-order valence-corrected chi connectivity index (χ0v) is 17.5. The largest absolute Gasteiger partial charge is 0.380 e. The molecule has 7 nitrogen and oxygen atoms in total. The molecule has 0 atom stereocenters. The summed E-state index contributed by atoms with van der Waals surface area (Å²) in [7, 11) is 0. The van der Waals surface area contributed by atoms with Crippen LogP contribution in [0.3, 0.4) is 0 Å². The van der Waals surface area contributed by atoms with Crippen LogP contribution in [-0.4, -0.2) is 24.9 Å². The molecule has 4 N–H and O–H groups in total. The molecule has 0 unspecified atom stereocenters. The summed E-state index contributed by atoms with van der Waals surface area (Å²) in [5.41, 5.74) is 6.14. The fraction of sp³-hybridized carbons (Fsp3) is 0.0417. The molecule has 0 saturated heterocycles. The van der Waals surface area contributed by atoms with Crippen molar-refractivity contribution in [3.63, 3.8) is 0 Å². The van der Waals surface area contributed by atoms with E-state index < -0.39 is 0 Å². The average molecular weight is 441 g/mol. The summed E-state index contributed by atoms with van der Waals surface area (Å²) in [5.74, 6) is 0.500. The van der Waals surface area contributed by atoms with Crippen LogP contribution in [0.15, 0.2) is 71.8 Å². The number of H-pyrrole nitrogens is 3. The molecule has 0 fully saturated rings. The minimum Gasteiger partial charge on any atom is -0.380 e. The van der Waals surface area contributed by atoms with Crippen molar-refractivity contribution < 1.29 is 0 Å². The number of pyridine rings is 1. The molecular weight excluding hydrogens is 424 g/mol. The maximum atomic E-state index is 13.2. The first-order valence-corrected chi connectivity index (χ1v) is 10.5. The van der Waals surface area contributed by atoms with E-state index in [0.717, 1.165) is 33.0 Å². The monoisotopic (exact) mass is 440 g/mol. The topological polar surface area (TPSA) is 102 Å². The zero-order valence-electron chi connectivity index (χ0n) is 16.7. The number of anilines is 1. The van der Waals surface area contributed by atoms with Gasteiger partial charge in [0.15, 0.2) is 0 Å². The second-order valence-corrected chi connectivity index (χ2v) is 8.04. The smallest absolute Gasteiger partial charge is 0.261 e. The Balaban J connectivity index is 1.52. The second-order valence-electron chi connectivity index (χ2n) is 7.60. The third-order valence-corrected chi connectivity index (χ3v) is 5.79. The average Bonchev–Trinajstić information content (AvgIpc) is 3.43. The Bertz CT molecular complexity index is 1650. The first-order valence-electron chi connectivity index (χ1n) is 10.1. The van der Waals surface area contributed by atoms with Gasteiger partial charge in [0.2, 0.25) is 0 Å².